The summed E-state index contributed by atoms with van der Waals surface area (Å²) >= 11 is 0. The van der Waals surface area contributed by atoms with Gasteiger partial charge in [0.25, 0.3) is 5.91 Å². The average Bonchev–Trinajstić information content (AvgIpc) is 2.50. The minimum Gasteiger partial charge on any atom is -0.444 e. The van der Waals surface area contributed by atoms with Gasteiger partial charge in [-0.05, 0) is 36.6 Å². The Balaban J connectivity index is 2.15. The fraction of sp³-hybridized carbons (Fsp3) is 0.235. The maximum Gasteiger partial charge on any atom is 0.274 e. The van der Waals surface area contributed by atoms with Gasteiger partial charge in [-0.15, -0.1) is 0 Å². The largest absolute Gasteiger partial charge is 0.444 e. The highest BCUT2D eigenvalue weighted by Gasteiger charge is 2.09. The number of hydrogen-bond acceptors (Lipinski definition) is 4. The molecule has 0 aliphatic heterocycles. The van der Waals surface area contributed by atoms with E-state index in [4.69, 9.17) is 10.1 Å². The van der Waals surface area contributed by atoms with Crippen LogP contribution in [0.15, 0.2) is 36.5 Å². The zero-order valence-electron chi connectivity index (χ0n) is 12.9. The summed E-state index contributed by atoms with van der Waals surface area (Å²) in [7, 11) is 0. The van der Waals surface area contributed by atoms with Gasteiger partial charge in [0.05, 0.1) is 0 Å². The van der Waals surface area contributed by atoms with Gasteiger partial charge in [-0.1, -0.05) is 19.1 Å². The first-order valence-electron chi connectivity index (χ1n) is 7.09. The van der Waals surface area contributed by atoms with Crippen LogP contribution in [0.5, 0.6) is 5.75 Å². The van der Waals surface area contributed by atoms with E-state index in [1.165, 1.54) is 0 Å². The second kappa shape index (κ2) is 6.85. The van der Waals surface area contributed by atoms with Crippen molar-refractivity contribution in [1.82, 2.24) is 4.98 Å². The van der Waals surface area contributed by atoms with E-state index in [-0.39, 0.29) is 11.8 Å². The van der Waals surface area contributed by atoms with E-state index in [2.05, 4.69) is 10.3 Å². The number of ether oxygens (including phenoxy) is 1. The molecular formula is C17H19N3O2. The summed E-state index contributed by atoms with van der Waals surface area (Å²) in [5, 5.41) is 10.2. The summed E-state index contributed by atoms with van der Waals surface area (Å²) in [5.41, 5.74) is 2.95. The number of carbonyl (C=O) groups excluding carboxylic acids is 1. The van der Waals surface area contributed by atoms with Crippen molar-refractivity contribution in [2.24, 2.45) is 0 Å². The van der Waals surface area contributed by atoms with Crippen molar-refractivity contribution in [2.45, 2.75) is 27.2 Å². The standard InChI is InChI=1S/C17H19N3O2/c1-4-13-6-8-15(19-10-13)17(21)20-14-7-5-11(2)16(9-14)22-12(3)18/h5-10,18H,4H2,1-3H3,(H,20,21). The number of hydrogen-bond donors (Lipinski definition) is 2. The van der Waals surface area contributed by atoms with Crippen LogP contribution in [-0.4, -0.2) is 16.8 Å². The molecule has 22 heavy (non-hydrogen) atoms. The molecule has 0 radical (unpaired) electrons. The number of rotatable bonds is 4. The van der Waals surface area contributed by atoms with Crippen molar-refractivity contribution >= 4 is 17.5 Å². The van der Waals surface area contributed by atoms with Gasteiger partial charge in [-0.2, -0.15) is 0 Å². The third-order valence-corrected chi connectivity index (χ3v) is 3.17. The second-order valence-corrected chi connectivity index (χ2v) is 5.00. The highest BCUT2D eigenvalue weighted by molar-refractivity contribution is 6.03. The molecule has 0 bridgehead atoms. The Hall–Kier alpha value is -2.69. The number of carbonyl (C=O) groups is 1. The third kappa shape index (κ3) is 3.91. The number of amides is 1. The fourth-order valence-corrected chi connectivity index (χ4v) is 1.92. The molecule has 1 aromatic heterocycles. The quantitative estimate of drug-likeness (QED) is 0.669. The molecule has 0 unspecified atom stereocenters. The Kier molecular flexibility index (Phi) is 4.88. The lowest BCUT2D eigenvalue weighted by Gasteiger charge is -2.10. The van der Waals surface area contributed by atoms with Gasteiger partial charge < -0.3 is 10.1 Å². The highest BCUT2D eigenvalue weighted by atomic mass is 16.5. The van der Waals surface area contributed by atoms with Crippen molar-refractivity contribution < 1.29 is 9.53 Å². The normalized spacial score (nSPS) is 10.1. The molecular weight excluding hydrogens is 278 g/mol. The first kappa shape index (κ1) is 15.7. The molecule has 2 rings (SSSR count). The first-order chi connectivity index (χ1) is 10.5. The molecule has 0 saturated carbocycles. The molecule has 2 aromatic rings. The maximum absolute atomic E-state index is 12.2. The molecule has 0 fully saturated rings. The number of pyridine rings is 1. The number of nitrogens with one attached hydrogen (secondary N) is 2. The predicted octanol–water partition coefficient (Wildman–Crippen LogP) is 3.58. The fourth-order valence-electron chi connectivity index (χ4n) is 1.92. The van der Waals surface area contributed by atoms with Gasteiger partial charge >= 0.3 is 0 Å². The molecule has 114 valence electrons. The smallest absolute Gasteiger partial charge is 0.274 e. The SMILES string of the molecule is CCc1ccc(C(=O)Nc2ccc(C)c(OC(C)=N)c2)nc1. The molecule has 1 amide bonds. The van der Waals surface area contributed by atoms with Gasteiger partial charge in [-0.25, -0.2) is 0 Å². The van der Waals surface area contributed by atoms with Crippen LogP contribution in [0, 0.1) is 12.3 Å². The Morgan fingerprint density at radius 3 is 2.68 bits per heavy atom. The van der Waals surface area contributed by atoms with Crippen molar-refractivity contribution in [1.29, 1.82) is 5.41 Å². The van der Waals surface area contributed by atoms with Crippen LogP contribution in [0.4, 0.5) is 5.69 Å². The molecule has 5 nitrogen and oxygen atoms in total. The lowest BCUT2D eigenvalue weighted by atomic mass is 10.2. The van der Waals surface area contributed by atoms with Crippen LogP contribution in [-0.2, 0) is 6.42 Å². The molecule has 5 heteroatoms. The summed E-state index contributed by atoms with van der Waals surface area (Å²) in [4.78, 5) is 16.3. The van der Waals surface area contributed by atoms with Crippen molar-refractivity contribution in [3.05, 3.63) is 53.3 Å². The van der Waals surface area contributed by atoms with Gasteiger partial charge in [0, 0.05) is 24.9 Å². The lowest BCUT2D eigenvalue weighted by Crippen LogP contribution is -2.14. The number of aryl methyl sites for hydroxylation is 2. The summed E-state index contributed by atoms with van der Waals surface area (Å²) in [6.45, 7) is 5.48. The summed E-state index contributed by atoms with van der Waals surface area (Å²) in [6, 6.07) is 8.93. The first-order valence-corrected chi connectivity index (χ1v) is 7.09. The molecule has 0 aliphatic rings. The van der Waals surface area contributed by atoms with Crippen molar-refractivity contribution in [3.8, 4) is 5.75 Å². The van der Waals surface area contributed by atoms with E-state index < -0.39 is 0 Å². The van der Waals surface area contributed by atoms with E-state index in [0.717, 1.165) is 17.5 Å². The third-order valence-electron chi connectivity index (χ3n) is 3.17. The minimum absolute atomic E-state index is 0.100. The van der Waals surface area contributed by atoms with Crippen LogP contribution in [0.25, 0.3) is 0 Å². The van der Waals surface area contributed by atoms with E-state index in [1.54, 1.807) is 31.3 Å². The molecule has 0 spiro atoms. The topological polar surface area (TPSA) is 75.1 Å². The van der Waals surface area contributed by atoms with Crippen LogP contribution < -0.4 is 10.1 Å². The predicted molar refractivity (Wildman–Crippen MR) is 86.8 cm³/mol. The zero-order valence-corrected chi connectivity index (χ0v) is 12.9. The number of benzene rings is 1. The molecule has 2 N–H and O–H groups in total. The molecule has 0 saturated heterocycles. The van der Waals surface area contributed by atoms with E-state index >= 15 is 0 Å². The van der Waals surface area contributed by atoms with Gasteiger partial charge in [-0.3, -0.25) is 15.2 Å². The number of aromatic nitrogens is 1. The Morgan fingerprint density at radius 1 is 1.32 bits per heavy atom. The molecule has 0 aliphatic carbocycles. The van der Waals surface area contributed by atoms with Gasteiger partial charge in [0.15, 0.2) is 5.90 Å². The number of nitrogens with zero attached hydrogens (tertiary/aromatic N) is 1. The Bertz CT molecular complexity index is 694. The van der Waals surface area contributed by atoms with Crippen LogP contribution in [0.3, 0.4) is 0 Å². The lowest BCUT2D eigenvalue weighted by molar-refractivity contribution is 0.102. The van der Waals surface area contributed by atoms with E-state index in [1.807, 2.05) is 26.0 Å². The monoisotopic (exact) mass is 297 g/mol. The molecule has 1 aromatic carbocycles. The summed E-state index contributed by atoms with van der Waals surface area (Å²) in [6.07, 6.45) is 2.59. The average molecular weight is 297 g/mol. The molecule has 1 heterocycles. The van der Waals surface area contributed by atoms with Gasteiger partial charge in [0.1, 0.15) is 11.4 Å². The second-order valence-electron chi connectivity index (χ2n) is 5.00. The highest BCUT2D eigenvalue weighted by Crippen LogP contribution is 2.23. The van der Waals surface area contributed by atoms with Crippen LogP contribution in [0.1, 0.15) is 35.5 Å². The minimum atomic E-state index is -0.274. The Morgan fingerprint density at radius 2 is 2.09 bits per heavy atom. The zero-order chi connectivity index (χ0) is 16.1. The molecule has 0 atom stereocenters. The summed E-state index contributed by atoms with van der Waals surface area (Å²) < 4.78 is 5.32. The van der Waals surface area contributed by atoms with E-state index in [0.29, 0.717) is 17.1 Å². The van der Waals surface area contributed by atoms with Crippen LogP contribution >= 0.6 is 0 Å². The summed E-state index contributed by atoms with van der Waals surface area (Å²) in [5.74, 6) is 0.381. The van der Waals surface area contributed by atoms with Crippen molar-refractivity contribution in [2.75, 3.05) is 5.32 Å². The number of anilines is 1. The van der Waals surface area contributed by atoms with Crippen molar-refractivity contribution in [3.63, 3.8) is 0 Å². The maximum atomic E-state index is 12.2. The van der Waals surface area contributed by atoms with Crippen LogP contribution in [0.2, 0.25) is 0 Å². The Labute approximate surface area is 129 Å². The van der Waals surface area contributed by atoms with Gasteiger partial charge in [0.2, 0.25) is 0 Å². The van der Waals surface area contributed by atoms with E-state index in [9.17, 15) is 4.79 Å².